The van der Waals surface area contributed by atoms with Gasteiger partial charge in [-0.1, -0.05) is 42.0 Å². The van der Waals surface area contributed by atoms with Crippen LogP contribution in [0.4, 0.5) is 5.69 Å². The van der Waals surface area contributed by atoms with Crippen LogP contribution in [0.15, 0.2) is 71.9 Å². The Morgan fingerprint density at radius 1 is 1.08 bits per heavy atom. The minimum atomic E-state index is -3.63. The molecule has 0 aliphatic carbocycles. The molecule has 3 aromatic rings. The Hall–Kier alpha value is -2.86. The van der Waals surface area contributed by atoms with E-state index in [-0.39, 0.29) is 6.54 Å². The maximum absolute atomic E-state index is 13.1. The van der Waals surface area contributed by atoms with Gasteiger partial charge < -0.3 is 4.98 Å². The Kier molecular flexibility index (Phi) is 3.69. The fourth-order valence-electron chi connectivity index (χ4n) is 3.00. The number of aromatic amines is 1. The van der Waals surface area contributed by atoms with E-state index < -0.39 is 10.0 Å². The van der Waals surface area contributed by atoms with Gasteiger partial charge in [-0.2, -0.15) is 0 Å². The van der Waals surface area contributed by atoms with Crippen molar-refractivity contribution >= 4 is 21.3 Å². The molecule has 0 radical (unpaired) electrons. The first kappa shape index (κ1) is 15.7. The SMILES string of the molecule is Cc1ccc(S(=O)(=O)N2CC=C(c3ncc[nH]3)c3ccccc32)cc1. The molecule has 1 aliphatic heterocycles. The molecule has 6 heteroatoms. The lowest BCUT2D eigenvalue weighted by Gasteiger charge is -2.29. The molecule has 0 amide bonds. The maximum atomic E-state index is 13.1. The van der Waals surface area contributed by atoms with Crippen molar-refractivity contribution in [1.82, 2.24) is 9.97 Å². The summed E-state index contributed by atoms with van der Waals surface area (Å²) >= 11 is 0. The first-order valence-corrected chi connectivity index (χ1v) is 9.40. The molecule has 0 bridgehead atoms. The normalized spacial score (nSPS) is 14.1. The van der Waals surface area contributed by atoms with Gasteiger partial charge in [0.25, 0.3) is 10.0 Å². The molecule has 4 rings (SSSR count). The van der Waals surface area contributed by atoms with E-state index in [1.807, 2.05) is 49.4 Å². The van der Waals surface area contributed by atoms with Crippen LogP contribution in [0.3, 0.4) is 0 Å². The molecule has 0 saturated heterocycles. The predicted molar refractivity (Wildman–Crippen MR) is 97.8 cm³/mol. The second-order valence-corrected chi connectivity index (χ2v) is 7.78. The molecule has 126 valence electrons. The Morgan fingerprint density at radius 3 is 2.56 bits per heavy atom. The minimum absolute atomic E-state index is 0.267. The number of aromatic nitrogens is 2. The van der Waals surface area contributed by atoms with Crippen molar-refractivity contribution in [3.8, 4) is 0 Å². The van der Waals surface area contributed by atoms with Crippen molar-refractivity contribution in [1.29, 1.82) is 0 Å². The molecule has 0 unspecified atom stereocenters. The highest BCUT2D eigenvalue weighted by Crippen LogP contribution is 2.36. The summed E-state index contributed by atoms with van der Waals surface area (Å²) < 4.78 is 27.7. The maximum Gasteiger partial charge on any atom is 0.264 e. The Labute approximate surface area is 146 Å². The molecule has 0 saturated carbocycles. The van der Waals surface area contributed by atoms with Crippen LogP contribution < -0.4 is 4.31 Å². The van der Waals surface area contributed by atoms with Crippen LogP contribution in [0.2, 0.25) is 0 Å². The molecule has 0 spiro atoms. The second kappa shape index (κ2) is 5.89. The summed E-state index contributed by atoms with van der Waals surface area (Å²) in [6.45, 7) is 2.20. The lowest BCUT2D eigenvalue weighted by atomic mass is 10.00. The van der Waals surface area contributed by atoms with E-state index in [2.05, 4.69) is 9.97 Å². The number of hydrogen-bond acceptors (Lipinski definition) is 3. The number of hydrogen-bond donors (Lipinski definition) is 1. The topological polar surface area (TPSA) is 66.1 Å². The number of rotatable bonds is 3. The van der Waals surface area contributed by atoms with Crippen molar-refractivity contribution in [2.24, 2.45) is 0 Å². The zero-order valence-corrected chi connectivity index (χ0v) is 14.5. The van der Waals surface area contributed by atoms with Gasteiger partial charge in [0.15, 0.2) is 0 Å². The van der Waals surface area contributed by atoms with Gasteiger partial charge in [0, 0.05) is 23.5 Å². The number of nitrogens with zero attached hydrogens (tertiary/aromatic N) is 2. The summed E-state index contributed by atoms with van der Waals surface area (Å²) in [4.78, 5) is 7.69. The van der Waals surface area contributed by atoms with Crippen molar-refractivity contribution in [2.45, 2.75) is 11.8 Å². The third-order valence-electron chi connectivity index (χ3n) is 4.29. The highest BCUT2D eigenvalue weighted by molar-refractivity contribution is 7.92. The van der Waals surface area contributed by atoms with E-state index in [0.717, 1.165) is 22.5 Å². The molecule has 1 N–H and O–H groups in total. The van der Waals surface area contributed by atoms with Gasteiger partial charge in [0.2, 0.25) is 0 Å². The number of nitrogens with one attached hydrogen (secondary N) is 1. The van der Waals surface area contributed by atoms with Crippen LogP contribution in [0.25, 0.3) is 5.57 Å². The zero-order chi connectivity index (χ0) is 17.4. The standard InChI is InChI=1S/C19H17N3O2S/c1-14-6-8-15(9-7-14)25(23,24)22-13-10-17(19-20-11-12-21-19)16-4-2-3-5-18(16)22/h2-12H,13H2,1H3,(H,20,21). The van der Waals surface area contributed by atoms with Gasteiger partial charge in [-0.05, 0) is 25.1 Å². The summed E-state index contributed by atoms with van der Waals surface area (Å²) in [5, 5.41) is 0. The van der Waals surface area contributed by atoms with Crippen molar-refractivity contribution in [2.75, 3.05) is 10.8 Å². The van der Waals surface area contributed by atoms with E-state index in [0.29, 0.717) is 10.6 Å². The quantitative estimate of drug-likeness (QED) is 0.787. The molecule has 25 heavy (non-hydrogen) atoms. The summed E-state index contributed by atoms with van der Waals surface area (Å²) in [5.41, 5.74) is 3.45. The largest absolute Gasteiger partial charge is 0.345 e. The average Bonchev–Trinajstić information content (AvgIpc) is 3.15. The first-order valence-electron chi connectivity index (χ1n) is 7.96. The summed E-state index contributed by atoms with van der Waals surface area (Å²) in [7, 11) is -3.63. The Bertz CT molecular complexity index is 1040. The number of anilines is 1. The highest BCUT2D eigenvalue weighted by Gasteiger charge is 2.30. The molecule has 0 fully saturated rings. The smallest absolute Gasteiger partial charge is 0.264 e. The van der Waals surface area contributed by atoms with Crippen LogP contribution in [0, 0.1) is 6.92 Å². The van der Waals surface area contributed by atoms with Gasteiger partial charge in [-0.3, -0.25) is 4.31 Å². The predicted octanol–water partition coefficient (Wildman–Crippen LogP) is 3.36. The summed E-state index contributed by atoms with van der Waals surface area (Å²) in [6, 6.07) is 14.4. The monoisotopic (exact) mass is 351 g/mol. The van der Waals surface area contributed by atoms with E-state index in [9.17, 15) is 8.42 Å². The molecule has 1 aromatic heterocycles. The van der Waals surface area contributed by atoms with E-state index in [4.69, 9.17) is 0 Å². The third kappa shape index (κ3) is 2.64. The van der Waals surface area contributed by atoms with E-state index in [1.54, 1.807) is 24.5 Å². The number of imidazole rings is 1. The van der Waals surface area contributed by atoms with E-state index >= 15 is 0 Å². The lowest BCUT2D eigenvalue weighted by molar-refractivity contribution is 0.592. The van der Waals surface area contributed by atoms with Crippen LogP contribution in [0.1, 0.15) is 17.0 Å². The molecule has 1 aliphatic rings. The molecule has 2 aromatic carbocycles. The number of para-hydroxylation sites is 1. The molecule has 2 heterocycles. The lowest BCUT2D eigenvalue weighted by Crippen LogP contribution is -2.34. The minimum Gasteiger partial charge on any atom is -0.345 e. The second-order valence-electron chi connectivity index (χ2n) is 5.92. The number of aryl methyl sites for hydroxylation is 1. The zero-order valence-electron chi connectivity index (χ0n) is 13.7. The van der Waals surface area contributed by atoms with E-state index in [1.165, 1.54) is 4.31 Å². The highest BCUT2D eigenvalue weighted by atomic mass is 32.2. The van der Waals surface area contributed by atoms with Gasteiger partial charge >= 0.3 is 0 Å². The van der Waals surface area contributed by atoms with Gasteiger partial charge in [0.05, 0.1) is 17.1 Å². The van der Waals surface area contributed by atoms with Crippen LogP contribution >= 0.6 is 0 Å². The van der Waals surface area contributed by atoms with Crippen LogP contribution in [-0.2, 0) is 10.0 Å². The number of fused-ring (bicyclic) bond motifs is 1. The number of sulfonamides is 1. The molecular formula is C19H17N3O2S. The Balaban J connectivity index is 1.82. The average molecular weight is 351 g/mol. The molecular weight excluding hydrogens is 334 g/mol. The molecule has 5 nitrogen and oxygen atoms in total. The first-order chi connectivity index (χ1) is 12.1. The van der Waals surface area contributed by atoms with Gasteiger partial charge in [0.1, 0.15) is 5.82 Å². The van der Waals surface area contributed by atoms with Gasteiger partial charge in [-0.15, -0.1) is 0 Å². The van der Waals surface area contributed by atoms with Gasteiger partial charge in [-0.25, -0.2) is 13.4 Å². The van der Waals surface area contributed by atoms with Crippen LogP contribution in [0.5, 0.6) is 0 Å². The van der Waals surface area contributed by atoms with Crippen molar-refractivity contribution < 1.29 is 8.42 Å². The van der Waals surface area contributed by atoms with Crippen molar-refractivity contribution in [3.63, 3.8) is 0 Å². The Morgan fingerprint density at radius 2 is 1.84 bits per heavy atom. The third-order valence-corrected chi connectivity index (χ3v) is 6.08. The summed E-state index contributed by atoms with van der Waals surface area (Å²) in [5.74, 6) is 0.736. The molecule has 0 atom stereocenters. The van der Waals surface area contributed by atoms with Crippen LogP contribution in [-0.4, -0.2) is 24.9 Å². The van der Waals surface area contributed by atoms with Crippen molar-refractivity contribution in [3.05, 3.63) is 84.0 Å². The number of H-pyrrole nitrogens is 1. The number of benzene rings is 2. The fourth-order valence-corrected chi connectivity index (χ4v) is 4.43. The fraction of sp³-hybridized carbons (Fsp3) is 0.105. The summed E-state index contributed by atoms with van der Waals surface area (Å²) in [6.07, 6.45) is 5.34.